The summed E-state index contributed by atoms with van der Waals surface area (Å²) >= 11 is 0. The lowest BCUT2D eigenvalue weighted by atomic mass is 9.73. The van der Waals surface area contributed by atoms with Gasteiger partial charge in [-0.2, -0.15) is 0 Å². The molecular weight excluding hydrogens is 919 g/mol. The van der Waals surface area contributed by atoms with E-state index in [0.717, 1.165) is 115 Å². The van der Waals surface area contributed by atoms with Crippen molar-refractivity contribution in [1.29, 1.82) is 0 Å². The summed E-state index contributed by atoms with van der Waals surface area (Å²) in [6.07, 6.45) is 18.5. The van der Waals surface area contributed by atoms with Gasteiger partial charge in [0.25, 0.3) is 0 Å². The van der Waals surface area contributed by atoms with Gasteiger partial charge in [0, 0.05) is 99.1 Å². The largest absolute Gasteiger partial charge is 0.366 e. The quantitative estimate of drug-likeness (QED) is 0.144. The fourth-order valence-electron chi connectivity index (χ4n) is 13.8. The number of hydrogen-bond acceptors (Lipinski definition) is 11. The van der Waals surface area contributed by atoms with Gasteiger partial charge in [-0.3, -0.25) is 29.3 Å². The Balaban J connectivity index is 0.684. The number of benzene rings is 1. The number of amides is 5. The summed E-state index contributed by atoms with van der Waals surface area (Å²) in [6.45, 7) is 8.94. The molecule has 12 rings (SSSR count). The molecule has 3 aliphatic carbocycles. The third kappa shape index (κ3) is 8.96. The Morgan fingerprint density at radius 3 is 2.16 bits per heavy atom. The Hall–Kier alpha value is -5.90. The van der Waals surface area contributed by atoms with E-state index in [0.29, 0.717) is 76.8 Å². The van der Waals surface area contributed by atoms with E-state index in [1.165, 1.54) is 19.3 Å². The summed E-state index contributed by atoms with van der Waals surface area (Å²) in [5.74, 6) is 1.31. The first-order chi connectivity index (χ1) is 35.4. The number of piperidine rings is 4. The molecule has 3 aromatic heterocycles. The number of hydrogen-bond donors (Lipinski definition) is 2. The smallest absolute Gasteiger partial charge is 0.238 e. The lowest BCUT2D eigenvalue weighted by Crippen LogP contribution is -2.58. The molecule has 5 amide bonds. The Morgan fingerprint density at radius 1 is 0.781 bits per heavy atom. The van der Waals surface area contributed by atoms with Crippen molar-refractivity contribution in [3.8, 4) is 11.3 Å². The molecule has 1 spiro atoms. The molecule has 0 radical (unpaired) electrons. The van der Waals surface area contributed by atoms with Crippen LogP contribution in [0.2, 0.25) is 0 Å². The zero-order valence-corrected chi connectivity index (χ0v) is 43.1. The zero-order valence-electron chi connectivity index (χ0n) is 43.1. The maximum atomic E-state index is 15.2. The third-order valence-corrected chi connectivity index (χ3v) is 18.5. The van der Waals surface area contributed by atoms with E-state index in [1.54, 1.807) is 6.20 Å². The predicted molar refractivity (Wildman–Crippen MR) is 280 cm³/mol. The number of likely N-dealkylation sites (tertiary alicyclic amines) is 3. The topological polar surface area (TPSA) is 169 Å². The highest BCUT2D eigenvalue weighted by atomic mass is 16.2. The molecule has 7 fully saturated rings. The molecule has 73 heavy (non-hydrogen) atoms. The Labute approximate surface area is 429 Å². The summed E-state index contributed by atoms with van der Waals surface area (Å²) in [6, 6.07) is 14.2. The standard InChI is InChI=1S/C57H73N11O5/c1-35(2)67-34-59-47-32-46(61-52(51(47)67)60-40-11-12-40)38-9-16-45-48(29-38)68(43-30-42(31-43)64-23-5-4-6-24-64)56(73)57(45)21-27-66(28-22-57)55(72)37-19-25-65(26-20-37)54(71)36-7-13-41(14-8-36)63(3)49-17-10-39(33-58-49)44-15-18-50(69)62-53(44)70/h9-10,16-17,29,32-37,40-44H,4-8,11-15,18-28,30-31H2,1-3H3,(H,60,61)(H,62,69,70)/t36-,41-,42-,43+,44?. The van der Waals surface area contributed by atoms with Crippen LogP contribution < -0.4 is 20.4 Å². The fraction of sp³-hybridized carbons (Fsp3) is 0.614. The van der Waals surface area contributed by atoms with Gasteiger partial charge in [0.15, 0.2) is 5.82 Å². The molecule has 5 aliphatic heterocycles. The van der Waals surface area contributed by atoms with Crippen LogP contribution >= 0.6 is 0 Å². The lowest BCUT2D eigenvalue weighted by molar-refractivity contribution is -0.144. The van der Waals surface area contributed by atoms with Crippen molar-refractivity contribution >= 4 is 57.9 Å². The van der Waals surface area contributed by atoms with Crippen molar-refractivity contribution in [2.75, 3.05) is 61.4 Å². The molecule has 4 aromatic rings. The summed E-state index contributed by atoms with van der Waals surface area (Å²) in [4.78, 5) is 93.3. The molecule has 0 bridgehead atoms. The van der Waals surface area contributed by atoms with E-state index in [1.807, 2.05) is 35.3 Å². The molecule has 8 heterocycles. The van der Waals surface area contributed by atoms with Crippen LogP contribution in [0.25, 0.3) is 22.3 Å². The number of anilines is 3. The molecule has 1 atom stereocenters. The predicted octanol–water partition coefficient (Wildman–Crippen LogP) is 7.33. The third-order valence-electron chi connectivity index (χ3n) is 18.5. The Bertz CT molecular complexity index is 2770. The molecule has 1 unspecified atom stereocenters. The van der Waals surface area contributed by atoms with Gasteiger partial charge in [-0.05, 0) is 153 Å². The van der Waals surface area contributed by atoms with Crippen LogP contribution in [0.1, 0.15) is 146 Å². The minimum absolute atomic E-state index is 0.0209. The van der Waals surface area contributed by atoms with E-state index in [4.69, 9.17) is 15.0 Å². The van der Waals surface area contributed by atoms with E-state index in [-0.39, 0.29) is 65.4 Å². The maximum absolute atomic E-state index is 15.2. The number of imidazole rings is 1. The van der Waals surface area contributed by atoms with E-state index < -0.39 is 5.41 Å². The van der Waals surface area contributed by atoms with Gasteiger partial charge in [-0.15, -0.1) is 0 Å². The second-order valence-electron chi connectivity index (χ2n) is 23.2. The summed E-state index contributed by atoms with van der Waals surface area (Å²) in [5.41, 5.74) is 6.06. The molecule has 1 aromatic carbocycles. The number of aromatic nitrogens is 4. The maximum Gasteiger partial charge on any atom is 0.238 e. The van der Waals surface area contributed by atoms with Crippen LogP contribution in [0.5, 0.6) is 0 Å². The van der Waals surface area contributed by atoms with Crippen molar-refractivity contribution < 1.29 is 24.0 Å². The number of carbonyl (C=O) groups is 5. The molecule has 4 saturated heterocycles. The SMILES string of the molecule is CC(C)n1cnc2cc(-c3ccc4c(c3)N([C@H]3C[C@@H](N5CCCCC5)C3)C(=O)C43CCN(C(=O)C4CCN(C(=O)[C@H]5CC[C@H](N(C)c6ccc(C7CCC(=O)NC7=O)cn6)CC5)CC4)CC3)nc(NC3CC3)c21. The van der Waals surface area contributed by atoms with E-state index in [9.17, 15) is 19.2 Å². The molecule has 16 heteroatoms. The van der Waals surface area contributed by atoms with Crippen LogP contribution in [-0.4, -0.2) is 134 Å². The van der Waals surface area contributed by atoms with Gasteiger partial charge in [0.1, 0.15) is 11.3 Å². The molecule has 16 nitrogen and oxygen atoms in total. The van der Waals surface area contributed by atoms with Gasteiger partial charge in [-0.1, -0.05) is 24.6 Å². The number of fused-ring (bicyclic) bond motifs is 3. The lowest BCUT2D eigenvalue weighted by Gasteiger charge is -2.48. The van der Waals surface area contributed by atoms with Gasteiger partial charge in [0.2, 0.25) is 29.5 Å². The molecule has 386 valence electrons. The average molecular weight is 992 g/mol. The average Bonchev–Trinajstić information content (AvgIpc) is 4.07. The van der Waals surface area contributed by atoms with Gasteiger partial charge < -0.3 is 34.4 Å². The highest BCUT2D eigenvalue weighted by Gasteiger charge is 2.56. The fourth-order valence-corrected chi connectivity index (χ4v) is 13.8. The molecule has 8 aliphatic rings. The number of imide groups is 1. The van der Waals surface area contributed by atoms with Crippen LogP contribution in [-0.2, 0) is 29.4 Å². The second kappa shape index (κ2) is 19.4. The Kier molecular flexibility index (Phi) is 12.8. The van der Waals surface area contributed by atoms with Crippen molar-refractivity contribution in [2.45, 2.75) is 165 Å². The van der Waals surface area contributed by atoms with Crippen molar-refractivity contribution in [3.05, 3.63) is 60.0 Å². The van der Waals surface area contributed by atoms with Crippen LogP contribution in [0, 0.1) is 11.8 Å². The first-order valence-electron chi connectivity index (χ1n) is 27.9. The van der Waals surface area contributed by atoms with Crippen molar-refractivity contribution in [1.82, 2.24) is 39.5 Å². The molecular formula is C57H73N11O5. The summed E-state index contributed by atoms with van der Waals surface area (Å²) in [7, 11) is 2.05. The number of rotatable bonds is 11. The first kappa shape index (κ1) is 48.1. The zero-order chi connectivity index (χ0) is 50.1. The van der Waals surface area contributed by atoms with Crippen molar-refractivity contribution in [2.24, 2.45) is 11.8 Å². The monoisotopic (exact) mass is 992 g/mol. The number of pyridine rings is 2. The van der Waals surface area contributed by atoms with Gasteiger partial charge in [0.05, 0.1) is 28.9 Å². The van der Waals surface area contributed by atoms with Crippen molar-refractivity contribution in [3.63, 3.8) is 0 Å². The summed E-state index contributed by atoms with van der Waals surface area (Å²) < 4.78 is 2.20. The Morgan fingerprint density at radius 2 is 1.49 bits per heavy atom. The number of nitrogens with zero attached hydrogens (tertiary/aromatic N) is 9. The van der Waals surface area contributed by atoms with E-state index in [2.05, 4.69) is 68.0 Å². The van der Waals surface area contributed by atoms with Gasteiger partial charge in [-0.25, -0.2) is 15.0 Å². The molecule has 2 N–H and O–H groups in total. The minimum atomic E-state index is -0.671. The van der Waals surface area contributed by atoms with E-state index >= 15 is 4.79 Å². The number of carbonyl (C=O) groups excluding carboxylic acids is 5. The van der Waals surface area contributed by atoms with Gasteiger partial charge >= 0.3 is 0 Å². The normalized spacial score (nSPS) is 26.8. The first-order valence-corrected chi connectivity index (χ1v) is 27.9. The second-order valence-corrected chi connectivity index (χ2v) is 23.2. The highest BCUT2D eigenvalue weighted by Crippen LogP contribution is 2.52. The van der Waals surface area contributed by atoms with Crippen LogP contribution in [0.3, 0.4) is 0 Å². The highest BCUT2D eigenvalue weighted by molar-refractivity contribution is 6.09. The van der Waals surface area contributed by atoms with Crippen LogP contribution in [0.15, 0.2) is 48.9 Å². The summed E-state index contributed by atoms with van der Waals surface area (Å²) in [5, 5.41) is 6.14. The molecule has 3 saturated carbocycles. The minimum Gasteiger partial charge on any atom is -0.366 e. The van der Waals surface area contributed by atoms with Crippen LogP contribution in [0.4, 0.5) is 17.3 Å². The number of nitrogens with one attached hydrogen (secondary N) is 2.